The predicted octanol–water partition coefficient (Wildman–Crippen LogP) is 2.28. The molecular weight excluding hydrogens is 260 g/mol. The van der Waals surface area contributed by atoms with E-state index in [0.717, 1.165) is 16.4 Å². The van der Waals surface area contributed by atoms with E-state index in [1.165, 1.54) is 11.8 Å². The van der Waals surface area contributed by atoms with Crippen molar-refractivity contribution in [2.24, 2.45) is 4.99 Å². The number of carbonyl (C=O) groups is 1. The van der Waals surface area contributed by atoms with E-state index in [0.29, 0.717) is 18.7 Å². The summed E-state index contributed by atoms with van der Waals surface area (Å²) in [6.07, 6.45) is 1.95. The maximum Gasteiger partial charge on any atom is 0.338 e. The fourth-order valence-corrected chi connectivity index (χ4v) is 2.20. The highest BCUT2D eigenvalue weighted by Crippen LogP contribution is 2.22. The Morgan fingerprint density at radius 2 is 2.16 bits per heavy atom. The van der Waals surface area contributed by atoms with Gasteiger partial charge in [0.15, 0.2) is 5.17 Å². The minimum atomic E-state index is -0.308. The van der Waals surface area contributed by atoms with Gasteiger partial charge in [-0.15, -0.1) is 0 Å². The molecule has 1 heterocycles. The maximum absolute atomic E-state index is 12.0. The highest BCUT2D eigenvalue weighted by molar-refractivity contribution is 8.13. The lowest BCUT2D eigenvalue weighted by molar-refractivity contribution is -0.138. The van der Waals surface area contributed by atoms with E-state index in [1.807, 2.05) is 36.6 Å². The zero-order valence-corrected chi connectivity index (χ0v) is 11.8. The van der Waals surface area contributed by atoms with Crippen molar-refractivity contribution in [3.8, 4) is 0 Å². The lowest BCUT2D eigenvalue weighted by Crippen LogP contribution is -2.28. The van der Waals surface area contributed by atoms with Crippen LogP contribution in [0.3, 0.4) is 0 Å². The summed E-state index contributed by atoms with van der Waals surface area (Å²) in [5.41, 5.74) is 2.33. The summed E-state index contributed by atoms with van der Waals surface area (Å²) in [6.45, 7) is 2.52. The van der Waals surface area contributed by atoms with Crippen LogP contribution in [0.2, 0.25) is 0 Å². The normalized spacial score (nSPS) is 14.7. The van der Waals surface area contributed by atoms with Crippen LogP contribution in [0.4, 0.5) is 0 Å². The molecule has 0 spiro atoms. The first-order valence-corrected chi connectivity index (χ1v) is 7.30. The zero-order valence-electron chi connectivity index (χ0n) is 11.0. The average Bonchev–Trinajstić information content (AvgIpc) is 2.47. The smallest absolute Gasteiger partial charge is 0.338 e. The molecule has 0 saturated carbocycles. The van der Waals surface area contributed by atoms with Crippen LogP contribution in [0.15, 0.2) is 40.9 Å². The molecule has 0 aliphatic carbocycles. The number of nitrogens with one attached hydrogen (secondary N) is 1. The molecule has 1 aromatic carbocycles. The molecule has 1 aliphatic rings. The van der Waals surface area contributed by atoms with Gasteiger partial charge >= 0.3 is 5.97 Å². The van der Waals surface area contributed by atoms with Crippen molar-refractivity contribution in [2.75, 3.05) is 19.4 Å². The van der Waals surface area contributed by atoms with Gasteiger partial charge in [0.1, 0.15) is 0 Å². The number of thioether (sulfide) groups is 1. The van der Waals surface area contributed by atoms with Gasteiger partial charge < -0.3 is 10.1 Å². The largest absolute Gasteiger partial charge is 0.463 e. The summed E-state index contributed by atoms with van der Waals surface area (Å²) in [5, 5.41) is 4.01. The van der Waals surface area contributed by atoms with Gasteiger partial charge in [-0.2, -0.15) is 0 Å². The Kier molecular flexibility index (Phi) is 4.63. The Balaban J connectivity index is 2.37. The first-order valence-electron chi connectivity index (χ1n) is 6.07. The number of ether oxygens (including phenoxy) is 1. The molecular formula is C14H16N2O2S. The van der Waals surface area contributed by atoms with Gasteiger partial charge in [-0.05, 0) is 18.7 Å². The van der Waals surface area contributed by atoms with Crippen LogP contribution in [0.25, 0.3) is 5.70 Å². The highest BCUT2D eigenvalue weighted by Gasteiger charge is 2.22. The van der Waals surface area contributed by atoms with Crippen LogP contribution in [0.5, 0.6) is 0 Å². The average molecular weight is 276 g/mol. The molecule has 0 bridgehead atoms. The van der Waals surface area contributed by atoms with Crippen LogP contribution >= 0.6 is 11.8 Å². The number of nitrogens with zero attached hydrogens (tertiary/aromatic N) is 1. The van der Waals surface area contributed by atoms with Gasteiger partial charge in [0.05, 0.1) is 24.4 Å². The second-order valence-electron chi connectivity index (χ2n) is 3.89. The molecule has 0 saturated heterocycles. The molecule has 4 nitrogen and oxygen atoms in total. The molecule has 100 valence electrons. The number of rotatable bonds is 3. The molecule has 1 aliphatic heterocycles. The summed E-state index contributed by atoms with van der Waals surface area (Å²) in [7, 11) is 0. The van der Waals surface area contributed by atoms with Gasteiger partial charge in [0.25, 0.3) is 0 Å². The number of aliphatic imine (C=N–C) groups is 1. The Hall–Kier alpha value is -1.75. The van der Waals surface area contributed by atoms with E-state index < -0.39 is 0 Å². The molecule has 5 heteroatoms. The van der Waals surface area contributed by atoms with Gasteiger partial charge in [-0.25, -0.2) is 4.79 Å². The lowest BCUT2D eigenvalue weighted by Gasteiger charge is -2.20. The van der Waals surface area contributed by atoms with E-state index in [4.69, 9.17) is 4.74 Å². The Morgan fingerprint density at radius 3 is 2.79 bits per heavy atom. The summed E-state index contributed by atoms with van der Waals surface area (Å²) in [6, 6.07) is 9.75. The van der Waals surface area contributed by atoms with Crippen molar-refractivity contribution in [3.63, 3.8) is 0 Å². The molecule has 19 heavy (non-hydrogen) atoms. The number of carbonyl (C=O) groups excluding carboxylic acids is 1. The number of hydrogen-bond donors (Lipinski definition) is 1. The van der Waals surface area contributed by atoms with Crippen LogP contribution in [0, 0.1) is 0 Å². The Labute approximate surface area is 116 Å². The summed E-state index contributed by atoms with van der Waals surface area (Å²) < 4.78 is 5.09. The van der Waals surface area contributed by atoms with Crippen molar-refractivity contribution in [2.45, 2.75) is 6.92 Å². The van der Waals surface area contributed by atoms with Gasteiger partial charge in [0.2, 0.25) is 0 Å². The van der Waals surface area contributed by atoms with Crippen LogP contribution in [-0.4, -0.2) is 30.5 Å². The molecule has 0 radical (unpaired) electrons. The standard InChI is InChI=1S/C14H16N2O2S/c1-3-18-13(17)11-9-15-14(19-2)16-12(11)10-7-5-4-6-8-10/h4-8H,3,9H2,1-2H3,(H,15,16). The van der Waals surface area contributed by atoms with Crippen molar-refractivity contribution < 1.29 is 9.53 Å². The quantitative estimate of drug-likeness (QED) is 0.861. The third-order valence-electron chi connectivity index (χ3n) is 2.69. The summed E-state index contributed by atoms with van der Waals surface area (Å²) >= 11 is 1.52. The number of hydrogen-bond acceptors (Lipinski definition) is 5. The molecule has 0 atom stereocenters. The fourth-order valence-electron chi connectivity index (χ4n) is 1.80. The topological polar surface area (TPSA) is 50.7 Å². The van der Waals surface area contributed by atoms with E-state index in [-0.39, 0.29) is 5.97 Å². The van der Waals surface area contributed by atoms with E-state index >= 15 is 0 Å². The third-order valence-corrected chi connectivity index (χ3v) is 3.31. The molecule has 1 aromatic rings. The SMILES string of the molecule is CCOC(=O)C1=C(c2ccccc2)NC(SC)=NC1. The Bertz CT molecular complexity index is 524. The van der Waals surface area contributed by atoms with E-state index in [9.17, 15) is 4.79 Å². The minimum Gasteiger partial charge on any atom is -0.463 e. The van der Waals surface area contributed by atoms with E-state index in [1.54, 1.807) is 6.92 Å². The highest BCUT2D eigenvalue weighted by atomic mass is 32.2. The fraction of sp³-hybridized carbons (Fsp3) is 0.286. The molecule has 2 rings (SSSR count). The van der Waals surface area contributed by atoms with Crippen LogP contribution in [0.1, 0.15) is 12.5 Å². The lowest BCUT2D eigenvalue weighted by atomic mass is 10.1. The Morgan fingerprint density at radius 1 is 1.42 bits per heavy atom. The van der Waals surface area contributed by atoms with Crippen molar-refractivity contribution >= 4 is 28.6 Å². The van der Waals surface area contributed by atoms with Gasteiger partial charge in [-0.3, -0.25) is 4.99 Å². The number of benzene rings is 1. The maximum atomic E-state index is 12.0. The molecule has 0 aromatic heterocycles. The first-order chi connectivity index (χ1) is 9.26. The summed E-state index contributed by atoms with van der Waals surface area (Å²) in [5.74, 6) is -0.308. The first kappa shape index (κ1) is 13.7. The zero-order chi connectivity index (χ0) is 13.7. The number of amidine groups is 1. The summed E-state index contributed by atoms with van der Waals surface area (Å²) in [4.78, 5) is 16.3. The van der Waals surface area contributed by atoms with Crippen molar-refractivity contribution in [1.29, 1.82) is 0 Å². The second kappa shape index (κ2) is 6.43. The monoisotopic (exact) mass is 276 g/mol. The molecule has 1 N–H and O–H groups in total. The number of esters is 1. The second-order valence-corrected chi connectivity index (χ2v) is 4.69. The van der Waals surface area contributed by atoms with Gasteiger partial charge in [-0.1, -0.05) is 42.1 Å². The molecule has 0 amide bonds. The van der Waals surface area contributed by atoms with Crippen LogP contribution in [-0.2, 0) is 9.53 Å². The predicted molar refractivity (Wildman–Crippen MR) is 78.9 cm³/mol. The van der Waals surface area contributed by atoms with E-state index in [2.05, 4.69) is 10.3 Å². The van der Waals surface area contributed by atoms with Gasteiger partial charge in [0, 0.05) is 0 Å². The molecule has 0 fully saturated rings. The third kappa shape index (κ3) is 3.17. The van der Waals surface area contributed by atoms with Crippen LogP contribution < -0.4 is 5.32 Å². The van der Waals surface area contributed by atoms with Crippen molar-refractivity contribution in [3.05, 3.63) is 41.5 Å². The molecule has 0 unspecified atom stereocenters. The minimum absolute atomic E-state index is 0.308. The van der Waals surface area contributed by atoms with Crippen molar-refractivity contribution in [1.82, 2.24) is 5.32 Å².